The summed E-state index contributed by atoms with van der Waals surface area (Å²) in [5.41, 5.74) is 2.66. The monoisotopic (exact) mass is 419 g/mol. The molecule has 0 aliphatic carbocycles. The van der Waals surface area contributed by atoms with Crippen molar-refractivity contribution in [3.63, 3.8) is 0 Å². The zero-order chi connectivity index (χ0) is 20.0. The Morgan fingerprint density at radius 3 is 2.64 bits per heavy atom. The first-order valence-corrected chi connectivity index (χ1v) is 9.59. The maximum absolute atomic E-state index is 14.7. The van der Waals surface area contributed by atoms with Gasteiger partial charge in [0.15, 0.2) is 0 Å². The number of hydroxylamine groups is 1. The number of hydrogen-bond donors (Lipinski definition) is 2. The van der Waals surface area contributed by atoms with Crippen molar-refractivity contribution < 1.29 is 19.2 Å². The molecule has 0 radical (unpaired) electrons. The largest absolute Gasteiger partial charge is 0.339 e. The Morgan fingerprint density at radius 2 is 1.96 bits per heavy atom. The zero-order valence-electron chi connectivity index (χ0n) is 14.7. The van der Waals surface area contributed by atoms with Crippen LogP contribution >= 0.6 is 23.4 Å². The summed E-state index contributed by atoms with van der Waals surface area (Å²) in [4.78, 5) is 27.3. The molecule has 3 aromatic rings. The summed E-state index contributed by atoms with van der Waals surface area (Å²) in [7, 11) is 1.71. The van der Waals surface area contributed by atoms with Gasteiger partial charge in [-0.05, 0) is 36.4 Å². The van der Waals surface area contributed by atoms with E-state index in [4.69, 9.17) is 16.8 Å². The van der Waals surface area contributed by atoms with Crippen LogP contribution in [0.15, 0.2) is 46.2 Å². The van der Waals surface area contributed by atoms with Gasteiger partial charge in [-0.2, -0.15) is 0 Å². The molecule has 0 fully saturated rings. The first-order chi connectivity index (χ1) is 13.4. The highest BCUT2D eigenvalue weighted by Crippen LogP contribution is 2.42. The number of halogens is 2. The second kappa shape index (κ2) is 7.12. The maximum Gasteiger partial charge on any atom is 0.274 e. The molecule has 2 N–H and O–H groups in total. The first kappa shape index (κ1) is 18.8. The average molecular weight is 420 g/mol. The summed E-state index contributed by atoms with van der Waals surface area (Å²) in [5.74, 6) is -1.27. The molecule has 2 amide bonds. The fourth-order valence-electron chi connectivity index (χ4n) is 3.30. The number of carbonyl (C=O) groups is 2. The fraction of sp³-hybridized carbons (Fsp3) is 0.158. The average Bonchev–Trinajstić information content (AvgIpc) is 2.99. The highest BCUT2D eigenvalue weighted by molar-refractivity contribution is 7.99. The molecule has 28 heavy (non-hydrogen) atoms. The van der Waals surface area contributed by atoms with E-state index in [1.807, 2.05) is 0 Å². The van der Waals surface area contributed by atoms with Gasteiger partial charge in [-0.3, -0.25) is 14.8 Å². The van der Waals surface area contributed by atoms with Gasteiger partial charge in [0.1, 0.15) is 11.5 Å². The molecule has 0 unspecified atom stereocenters. The Labute approximate surface area is 168 Å². The Hall–Kier alpha value is -2.55. The van der Waals surface area contributed by atoms with E-state index in [-0.39, 0.29) is 10.9 Å². The molecule has 0 saturated carbocycles. The lowest BCUT2D eigenvalue weighted by Crippen LogP contribution is -2.37. The number of aromatic nitrogens is 1. The van der Waals surface area contributed by atoms with Gasteiger partial charge in [0, 0.05) is 41.0 Å². The Kier molecular flexibility index (Phi) is 4.78. The lowest BCUT2D eigenvalue weighted by molar-refractivity contribution is 0.0705. The molecule has 4 rings (SSSR count). The smallest absolute Gasteiger partial charge is 0.274 e. The predicted octanol–water partition coefficient (Wildman–Crippen LogP) is 3.79. The van der Waals surface area contributed by atoms with Gasteiger partial charge < -0.3 is 9.47 Å². The quantitative estimate of drug-likeness (QED) is 0.500. The number of rotatable bonds is 3. The minimum absolute atomic E-state index is 0.184. The Morgan fingerprint density at radius 1 is 1.25 bits per heavy atom. The molecule has 2 heterocycles. The van der Waals surface area contributed by atoms with Crippen LogP contribution in [0.2, 0.25) is 5.02 Å². The van der Waals surface area contributed by atoms with Crippen LogP contribution in [-0.4, -0.2) is 40.1 Å². The highest BCUT2D eigenvalue weighted by atomic mass is 35.5. The van der Waals surface area contributed by atoms with Crippen molar-refractivity contribution in [3.05, 3.63) is 58.5 Å². The van der Waals surface area contributed by atoms with Crippen LogP contribution in [0.4, 0.5) is 4.39 Å². The van der Waals surface area contributed by atoms with Crippen LogP contribution in [0.3, 0.4) is 0 Å². The number of carbonyl (C=O) groups excluding carboxylic acids is 2. The van der Waals surface area contributed by atoms with Crippen molar-refractivity contribution in [2.24, 2.45) is 0 Å². The summed E-state index contributed by atoms with van der Waals surface area (Å²) in [5, 5.41) is 9.55. The van der Waals surface area contributed by atoms with E-state index in [1.54, 1.807) is 52.3 Å². The van der Waals surface area contributed by atoms with Crippen LogP contribution in [0.1, 0.15) is 20.8 Å². The lowest BCUT2D eigenvalue weighted by atomic mass is 10.2. The number of benzene rings is 2. The molecule has 0 spiro atoms. The molecule has 2 aromatic carbocycles. The van der Waals surface area contributed by atoms with Crippen LogP contribution in [0.5, 0.6) is 0 Å². The van der Waals surface area contributed by atoms with Crippen LogP contribution in [-0.2, 0) is 6.54 Å². The zero-order valence-corrected chi connectivity index (χ0v) is 16.3. The van der Waals surface area contributed by atoms with Gasteiger partial charge in [0.25, 0.3) is 11.8 Å². The molecule has 0 saturated heterocycles. The third kappa shape index (κ3) is 3.03. The van der Waals surface area contributed by atoms with Gasteiger partial charge >= 0.3 is 0 Å². The van der Waals surface area contributed by atoms with E-state index in [0.29, 0.717) is 40.1 Å². The summed E-state index contributed by atoms with van der Waals surface area (Å²) in [6.45, 7) is 0.982. The Balaban J connectivity index is 1.86. The molecular formula is C19H15ClFN3O3S. The Bertz CT molecular complexity index is 1110. The second-order valence-corrected chi connectivity index (χ2v) is 7.93. The number of likely N-dealkylation sites (N-methyl/N-ethyl adjacent to an activating group) is 1. The molecule has 1 aliphatic heterocycles. The number of hydrogen-bond acceptors (Lipinski definition) is 4. The number of nitrogens with zero attached hydrogens (tertiary/aromatic N) is 2. The molecule has 0 bridgehead atoms. The summed E-state index contributed by atoms with van der Waals surface area (Å²) in [6, 6.07) is 9.41. The van der Waals surface area contributed by atoms with Crippen molar-refractivity contribution in [1.29, 1.82) is 0 Å². The molecule has 6 nitrogen and oxygen atoms in total. The second-order valence-electron chi connectivity index (χ2n) is 6.41. The van der Waals surface area contributed by atoms with Crippen molar-refractivity contribution >= 4 is 46.1 Å². The summed E-state index contributed by atoms with van der Waals surface area (Å²) in [6.07, 6.45) is 0. The summed E-state index contributed by atoms with van der Waals surface area (Å²) < 4.78 is 16.4. The number of fused-ring (bicyclic) bond motifs is 3. The summed E-state index contributed by atoms with van der Waals surface area (Å²) >= 11 is 7.38. The molecule has 9 heteroatoms. The minimum Gasteiger partial charge on any atom is -0.339 e. The molecule has 0 atom stereocenters. The van der Waals surface area contributed by atoms with Gasteiger partial charge in [-0.25, -0.2) is 9.87 Å². The SMILES string of the molecule is CN1CCn2c(c(Sc3ccc(C(=O)NO)cc3)c3cc(Cl)cc(F)c32)C1=O. The van der Waals surface area contributed by atoms with Crippen LogP contribution < -0.4 is 5.48 Å². The van der Waals surface area contributed by atoms with Crippen molar-refractivity contribution in [3.8, 4) is 0 Å². The third-order valence-electron chi connectivity index (χ3n) is 4.67. The van der Waals surface area contributed by atoms with E-state index >= 15 is 0 Å². The van der Waals surface area contributed by atoms with Crippen LogP contribution in [0, 0.1) is 5.82 Å². The number of nitrogens with one attached hydrogen (secondary N) is 1. The third-order valence-corrected chi connectivity index (χ3v) is 6.02. The minimum atomic E-state index is -0.617. The maximum atomic E-state index is 14.7. The van der Waals surface area contributed by atoms with Gasteiger partial charge in [-0.1, -0.05) is 23.4 Å². The van der Waals surface area contributed by atoms with Crippen molar-refractivity contribution in [2.45, 2.75) is 16.3 Å². The fourth-order valence-corrected chi connectivity index (χ4v) is 4.58. The molecule has 1 aliphatic rings. The van der Waals surface area contributed by atoms with Crippen LogP contribution in [0.25, 0.3) is 10.9 Å². The van der Waals surface area contributed by atoms with E-state index in [9.17, 15) is 14.0 Å². The molecule has 1 aromatic heterocycles. The topological polar surface area (TPSA) is 74.6 Å². The van der Waals surface area contributed by atoms with Crippen molar-refractivity contribution in [2.75, 3.05) is 13.6 Å². The van der Waals surface area contributed by atoms with E-state index in [1.165, 1.54) is 17.8 Å². The lowest BCUT2D eigenvalue weighted by Gasteiger charge is -2.25. The van der Waals surface area contributed by atoms with E-state index in [0.717, 1.165) is 4.90 Å². The van der Waals surface area contributed by atoms with Gasteiger partial charge in [0.05, 0.1) is 10.4 Å². The standard InChI is InChI=1S/C19H15ClFN3O3S/c1-23-6-7-24-15-13(8-11(20)9-14(15)21)17(16(24)19(23)26)28-12-4-2-10(3-5-12)18(25)22-27/h2-5,8-9,27H,6-7H2,1H3,(H,22,25). The van der Waals surface area contributed by atoms with E-state index < -0.39 is 11.7 Å². The van der Waals surface area contributed by atoms with Crippen molar-refractivity contribution in [1.82, 2.24) is 14.9 Å². The predicted molar refractivity (Wildman–Crippen MR) is 104 cm³/mol. The molecular weight excluding hydrogens is 405 g/mol. The van der Waals surface area contributed by atoms with E-state index in [2.05, 4.69) is 0 Å². The van der Waals surface area contributed by atoms with Gasteiger partial charge in [0.2, 0.25) is 0 Å². The number of amides is 2. The molecule has 144 valence electrons. The van der Waals surface area contributed by atoms with Gasteiger partial charge in [-0.15, -0.1) is 0 Å². The normalized spacial score (nSPS) is 13.7. The first-order valence-electron chi connectivity index (χ1n) is 8.39. The highest BCUT2D eigenvalue weighted by Gasteiger charge is 2.31.